The number of fused-ring (bicyclic) bond motifs is 1. The first-order valence-corrected chi connectivity index (χ1v) is 8.07. The second kappa shape index (κ2) is 7.68. The lowest BCUT2D eigenvalue weighted by Crippen LogP contribution is -2.15. The van der Waals surface area contributed by atoms with Gasteiger partial charge in [0.2, 0.25) is 0 Å². The summed E-state index contributed by atoms with van der Waals surface area (Å²) in [5.41, 5.74) is 1.81. The van der Waals surface area contributed by atoms with Crippen molar-refractivity contribution < 1.29 is 19.0 Å². The van der Waals surface area contributed by atoms with E-state index in [0.717, 1.165) is 22.6 Å². The predicted octanol–water partition coefficient (Wildman–Crippen LogP) is 3.68. The number of para-hydroxylation sites is 1. The minimum Gasteiger partial charge on any atom is -0.493 e. The van der Waals surface area contributed by atoms with Crippen molar-refractivity contribution in [2.75, 3.05) is 19.8 Å². The zero-order valence-corrected chi connectivity index (χ0v) is 13.7. The molecule has 0 atom stereocenters. The number of carbonyl (C=O) groups is 1. The van der Waals surface area contributed by atoms with Gasteiger partial charge in [-0.05, 0) is 42.8 Å². The first-order chi connectivity index (χ1) is 11.8. The highest BCUT2D eigenvalue weighted by atomic mass is 16.6. The van der Waals surface area contributed by atoms with E-state index >= 15 is 0 Å². The molecular formula is C20H20O4. The van der Waals surface area contributed by atoms with Crippen LogP contribution in [0.5, 0.6) is 17.2 Å². The Morgan fingerprint density at radius 2 is 1.92 bits per heavy atom. The van der Waals surface area contributed by atoms with Crippen LogP contribution in [0.25, 0.3) is 6.08 Å². The van der Waals surface area contributed by atoms with Gasteiger partial charge in [0, 0.05) is 12.0 Å². The van der Waals surface area contributed by atoms with E-state index in [1.807, 2.05) is 49.4 Å². The fourth-order valence-corrected chi connectivity index (χ4v) is 2.55. The molecule has 4 nitrogen and oxygen atoms in total. The Labute approximate surface area is 141 Å². The molecule has 0 fully saturated rings. The summed E-state index contributed by atoms with van der Waals surface area (Å²) >= 11 is 0. The minimum absolute atomic E-state index is 0.0259. The molecule has 0 N–H and O–H groups in total. The van der Waals surface area contributed by atoms with Crippen molar-refractivity contribution in [3.8, 4) is 17.2 Å². The molecule has 3 rings (SSSR count). The average molecular weight is 324 g/mol. The van der Waals surface area contributed by atoms with E-state index in [1.54, 1.807) is 12.2 Å². The van der Waals surface area contributed by atoms with Crippen LogP contribution in [0, 0.1) is 0 Å². The van der Waals surface area contributed by atoms with Gasteiger partial charge in [-0.15, -0.1) is 0 Å². The maximum Gasteiger partial charge on any atom is 0.161 e. The summed E-state index contributed by atoms with van der Waals surface area (Å²) in [5.74, 6) is 2.25. The molecule has 0 amide bonds. The molecule has 0 bridgehead atoms. The lowest BCUT2D eigenvalue weighted by atomic mass is 10.1. The van der Waals surface area contributed by atoms with Crippen LogP contribution in [0.1, 0.15) is 18.1 Å². The zero-order valence-electron chi connectivity index (χ0n) is 13.7. The van der Waals surface area contributed by atoms with Gasteiger partial charge in [0.25, 0.3) is 0 Å². The van der Waals surface area contributed by atoms with Crippen LogP contribution in [0.3, 0.4) is 0 Å². The van der Waals surface area contributed by atoms with E-state index in [2.05, 4.69) is 0 Å². The Balaban J connectivity index is 1.67. The monoisotopic (exact) mass is 324 g/mol. The van der Waals surface area contributed by atoms with Crippen molar-refractivity contribution in [2.24, 2.45) is 0 Å². The summed E-state index contributed by atoms with van der Waals surface area (Å²) < 4.78 is 16.6. The number of hydrogen-bond acceptors (Lipinski definition) is 4. The molecule has 0 saturated heterocycles. The van der Waals surface area contributed by atoms with Crippen molar-refractivity contribution in [1.29, 1.82) is 0 Å². The zero-order chi connectivity index (χ0) is 16.8. The standard InChI is InChI=1S/C20H20O4/c1-2-22-18-6-4-3-5-16(18)8-9-17(21)13-15-7-10-19-20(14-15)24-12-11-23-19/h3-10,14H,2,11-13H2,1H3/b9-8+. The van der Waals surface area contributed by atoms with Crippen LogP contribution in [-0.4, -0.2) is 25.6 Å². The number of ether oxygens (including phenoxy) is 3. The van der Waals surface area contributed by atoms with Crippen LogP contribution < -0.4 is 14.2 Å². The third-order valence-corrected chi connectivity index (χ3v) is 3.65. The molecule has 1 aliphatic heterocycles. The topological polar surface area (TPSA) is 44.8 Å². The molecule has 24 heavy (non-hydrogen) atoms. The second-order valence-electron chi connectivity index (χ2n) is 5.43. The van der Waals surface area contributed by atoms with Gasteiger partial charge in [-0.3, -0.25) is 4.79 Å². The second-order valence-corrected chi connectivity index (χ2v) is 5.43. The summed E-state index contributed by atoms with van der Waals surface area (Å²) in [6.45, 7) is 3.63. The Bertz CT molecular complexity index is 749. The number of allylic oxidation sites excluding steroid dienone is 1. The molecular weight excluding hydrogens is 304 g/mol. The summed E-state index contributed by atoms with van der Waals surface area (Å²) in [4.78, 5) is 12.2. The van der Waals surface area contributed by atoms with E-state index in [-0.39, 0.29) is 5.78 Å². The normalized spacial score (nSPS) is 13.0. The molecule has 0 radical (unpaired) electrons. The molecule has 1 aliphatic rings. The first kappa shape index (κ1) is 16.1. The van der Waals surface area contributed by atoms with Crippen molar-refractivity contribution in [1.82, 2.24) is 0 Å². The van der Waals surface area contributed by atoms with Crippen LogP contribution in [0.15, 0.2) is 48.5 Å². The summed E-state index contributed by atoms with van der Waals surface area (Å²) in [6.07, 6.45) is 3.71. The number of benzene rings is 2. The maximum absolute atomic E-state index is 12.2. The van der Waals surface area contributed by atoms with Crippen molar-refractivity contribution >= 4 is 11.9 Å². The minimum atomic E-state index is 0.0259. The summed E-state index contributed by atoms with van der Waals surface area (Å²) in [5, 5.41) is 0. The fourth-order valence-electron chi connectivity index (χ4n) is 2.55. The van der Waals surface area contributed by atoms with E-state index in [1.165, 1.54) is 0 Å². The third kappa shape index (κ3) is 3.96. The molecule has 0 saturated carbocycles. The smallest absolute Gasteiger partial charge is 0.161 e. The summed E-state index contributed by atoms with van der Waals surface area (Å²) in [6, 6.07) is 13.3. The van der Waals surface area contributed by atoms with E-state index in [0.29, 0.717) is 32.0 Å². The highest BCUT2D eigenvalue weighted by Crippen LogP contribution is 2.31. The first-order valence-electron chi connectivity index (χ1n) is 8.07. The molecule has 0 spiro atoms. The van der Waals surface area contributed by atoms with E-state index in [4.69, 9.17) is 14.2 Å². The van der Waals surface area contributed by atoms with Gasteiger partial charge in [0.1, 0.15) is 19.0 Å². The van der Waals surface area contributed by atoms with Crippen molar-refractivity contribution in [3.05, 3.63) is 59.7 Å². The van der Waals surface area contributed by atoms with Gasteiger partial charge in [0.15, 0.2) is 17.3 Å². The Kier molecular flexibility index (Phi) is 5.16. The molecule has 124 valence electrons. The number of hydrogen-bond donors (Lipinski definition) is 0. The Hall–Kier alpha value is -2.75. The van der Waals surface area contributed by atoms with E-state index < -0.39 is 0 Å². The predicted molar refractivity (Wildman–Crippen MR) is 92.8 cm³/mol. The van der Waals surface area contributed by atoms with Crippen LogP contribution >= 0.6 is 0 Å². The average Bonchev–Trinajstić information content (AvgIpc) is 2.61. The molecule has 1 heterocycles. The highest BCUT2D eigenvalue weighted by molar-refractivity contribution is 5.95. The fraction of sp³-hybridized carbons (Fsp3) is 0.250. The van der Waals surface area contributed by atoms with Crippen LogP contribution in [-0.2, 0) is 11.2 Å². The summed E-state index contributed by atoms with van der Waals surface area (Å²) in [7, 11) is 0. The van der Waals surface area contributed by atoms with Crippen LogP contribution in [0.4, 0.5) is 0 Å². The Morgan fingerprint density at radius 3 is 2.75 bits per heavy atom. The third-order valence-electron chi connectivity index (χ3n) is 3.65. The van der Waals surface area contributed by atoms with Gasteiger partial charge in [-0.1, -0.05) is 24.3 Å². The Morgan fingerprint density at radius 1 is 1.12 bits per heavy atom. The molecule has 0 aliphatic carbocycles. The lowest BCUT2D eigenvalue weighted by Gasteiger charge is -2.18. The largest absolute Gasteiger partial charge is 0.493 e. The molecule has 2 aromatic rings. The molecule has 0 aromatic heterocycles. The quantitative estimate of drug-likeness (QED) is 0.760. The molecule has 0 unspecified atom stereocenters. The number of rotatable bonds is 6. The van der Waals surface area contributed by atoms with Crippen molar-refractivity contribution in [3.63, 3.8) is 0 Å². The van der Waals surface area contributed by atoms with Gasteiger partial charge in [-0.25, -0.2) is 0 Å². The molecule has 4 heteroatoms. The van der Waals surface area contributed by atoms with Crippen LogP contribution in [0.2, 0.25) is 0 Å². The molecule has 2 aromatic carbocycles. The SMILES string of the molecule is CCOc1ccccc1/C=C/C(=O)Cc1ccc2c(c1)OCCO2. The van der Waals surface area contributed by atoms with Gasteiger partial charge < -0.3 is 14.2 Å². The lowest BCUT2D eigenvalue weighted by molar-refractivity contribution is -0.113. The number of ketones is 1. The highest BCUT2D eigenvalue weighted by Gasteiger charge is 2.12. The maximum atomic E-state index is 12.2. The van der Waals surface area contributed by atoms with E-state index in [9.17, 15) is 4.79 Å². The van der Waals surface area contributed by atoms with Crippen molar-refractivity contribution in [2.45, 2.75) is 13.3 Å². The van der Waals surface area contributed by atoms with Gasteiger partial charge in [-0.2, -0.15) is 0 Å². The number of carbonyl (C=O) groups excluding carboxylic acids is 1. The van der Waals surface area contributed by atoms with Gasteiger partial charge >= 0.3 is 0 Å². The van der Waals surface area contributed by atoms with Gasteiger partial charge in [0.05, 0.1) is 6.61 Å².